The Morgan fingerprint density at radius 3 is 2.09 bits per heavy atom. The van der Waals surface area contributed by atoms with Gasteiger partial charge in [0.25, 0.3) is 0 Å². The molecular weight excluding hydrogens is 581 g/mol. The summed E-state index contributed by atoms with van der Waals surface area (Å²) in [5.74, 6) is 5.70. The lowest BCUT2D eigenvalue weighted by Gasteiger charge is -2.57. The van der Waals surface area contributed by atoms with Gasteiger partial charge in [-0.25, -0.2) is 0 Å². The molecule has 0 aromatic rings. The molecule has 6 fully saturated rings. The molecule has 4 bridgehead atoms. The van der Waals surface area contributed by atoms with Crippen molar-refractivity contribution >= 4 is 38.9 Å². The molecule has 3 N–H and O–H groups in total. The number of nitrogens with zero attached hydrogens (tertiary/aromatic N) is 4. The minimum Gasteiger partial charge on any atom is -0.370 e. The van der Waals surface area contributed by atoms with Crippen LogP contribution in [0, 0.1) is 34.5 Å². The molecule has 7 rings (SSSR count). The van der Waals surface area contributed by atoms with Crippen molar-refractivity contribution in [3.63, 3.8) is 0 Å². The second-order valence-electron chi connectivity index (χ2n) is 16.0. The van der Waals surface area contributed by atoms with E-state index in [-0.39, 0.29) is 27.0 Å². The standard InChI is InChI=1S/C36H64N6.2H2S/c1-2-3-14-33-27-40(35(38)42(33)18-10-7-13-28-11-5-4-6-12-28)17-9-8-15-32-26-39-34(37)41(32)19-16-36-23-29-20-30(24-36)22-31(21-29)25-36;;/h28-33,38H,2-27H2,1H3,(H2,37,39);2*1H2/t29?,30?,31?,32-,33-,36?;;/m0../s1. The molecule has 0 spiro atoms. The molecule has 5 saturated carbocycles. The predicted molar refractivity (Wildman–Crippen MR) is 197 cm³/mol. The van der Waals surface area contributed by atoms with Gasteiger partial charge in [-0.2, -0.15) is 27.0 Å². The smallest absolute Gasteiger partial charge is 0.194 e. The number of nitrogens with one attached hydrogen (secondary N) is 1. The van der Waals surface area contributed by atoms with Crippen LogP contribution in [0.15, 0.2) is 4.99 Å². The van der Waals surface area contributed by atoms with Crippen molar-refractivity contribution in [3.8, 4) is 0 Å². The quantitative estimate of drug-likeness (QED) is 0.167. The average Bonchev–Trinajstić information content (AvgIpc) is 3.48. The van der Waals surface area contributed by atoms with Crippen molar-refractivity contribution in [1.29, 1.82) is 5.41 Å². The molecule has 1 saturated heterocycles. The van der Waals surface area contributed by atoms with E-state index in [2.05, 4.69) is 21.6 Å². The minimum absolute atomic E-state index is 0. The topological polar surface area (TPSA) is 72.0 Å². The summed E-state index contributed by atoms with van der Waals surface area (Å²) in [5.41, 5.74) is 7.09. The highest BCUT2D eigenvalue weighted by atomic mass is 32.1. The summed E-state index contributed by atoms with van der Waals surface area (Å²) in [6.45, 7) is 7.51. The van der Waals surface area contributed by atoms with Crippen molar-refractivity contribution < 1.29 is 0 Å². The van der Waals surface area contributed by atoms with Crippen LogP contribution in [0.4, 0.5) is 0 Å². The lowest BCUT2D eigenvalue weighted by atomic mass is 9.49. The zero-order valence-corrected chi connectivity index (χ0v) is 30.2. The van der Waals surface area contributed by atoms with E-state index in [1.807, 2.05) is 0 Å². The van der Waals surface area contributed by atoms with Gasteiger partial charge in [0, 0.05) is 32.2 Å². The number of unbranched alkanes of at least 4 members (excludes halogenated alkanes) is 3. The molecule has 8 heteroatoms. The molecule has 0 unspecified atom stereocenters. The summed E-state index contributed by atoms with van der Waals surface area (Å²) >= 11 is 0. The fraction of sp³-hybridized carbons (Fsp3) is 0.944. The van der Waals surface area contributed by atoms with E-state index >= 15 is 0 Å². The first-order valence-corrected chi connectivity index (χ1v) is 18.7. The SMILES string of the molecule is CCCC[C@H]1CN(CCCC[C@H]2CN=C(N)N2CCC23CC4CC(CC(C4)C2)C3)C(=N)N1CCCCC1CCCCC1.S.S. The molecule has 0 aromatic carbocycles. The maximum Gasteiger partial charge on any atom is 0.194 e. The van der Waals surface area contributed by atoms with E-state index in [1.54, 1.807) is 0 Å². The number of rotatable bonds is 16. The van der Waals surface area contributed by atoms with Gasteiger partial charge < -0.3 is 20.4 Å². The van der Waals surface area contributed by atoms with Crippen molar-refractivity contribution in [1.82, 2.24) is 14.7 Å². The molecule has 6 nitrogen and oxygen atoms in total. The molecule has 2 aliphatic heterocycles. The normalized spacial score (nSPS) is 33.1. The Morgan fingerprint density at radius 2 is 1.41 bits per heavy atom. The van der Waals surface area contributed by atoms with Crippen LogP contribution in [-0.4, -0.2) is 71.4 Å². The van der Waals surface area contributed by atoms with Crippen LogP contribution in [0.1, 0.15) is 142 Å². The van der Waals surface area contributed by atoms with Crippen molar-refractivity contribution in [3.05, 3.63) is 0 Å². The second-order valence-corrected chi connectivity index (χ2v) is 16.0. The van der Waals surface area contributed by atoms with Gasteiger partial charge in [-0.05, 0) is 106 Å². The highest BCUT2D eigenvalue weighted by Crippen LogP contribution is 2.61. The van der Waals surface area contributed by atoms with E-state index in [0.29, 0.717) is 17.5 Å². The van der Waals surface area contributed by atoms with E-state index in [9.17, 15) is 0 Å². The summed E-state index contributed by atoms with van der Waals surface area (Å²) in [6, 6.07) is 1.05. The number of hydrogen-bond acceptors (Lipinski definition) is 4. The number of hydrogen-bond donors (Lipinski definition) is 2. The Bertz CT molecular complexity index is 885. The van der Waals surface area contributed by atoms with Crippen LogP contribution >= 0.6 is 27.0 Å². The van der Waals surface area contributed by atoms with Crippen molar-refractivity contribution in [2.45, 2.75) is 154 Å². The lowest BCUT2D eigenvalue weighted by Crippen LogP contribution is -2.49. The molecular formula is C36H68N6S2. The fourth-order valence-electron chi connectivity index (χ4n) is 10.9. The van der Waals surface area contributed by atoms with Gasteiger partial charge in [-0.15, -0.1) is 0 Å². The van der Waals surface area contributed by atoms with Gasteiger partial charge >= 0.3 is 0 Å². The summed E-state index contributed by atoms with van der Waals surface area (Å²) in [5, 5.41) is 9.05. The molecule has 2 atom stereocenters. The number of guanidine groups is 2. The molecule has 5 aliphatic carbocycles. The predicted octanol–water partition coefficient (Wildman–Crippen LogP) is 7.85. The average molecular weight is 649 g/mol. The van der Waals surface area contributed by atoms with Crippen molar-refractivity contribution in [2.75, 3.05) is 32.7 Å². The third kappa shape index (κ3) is 8.77. The molecule has 2 heterocycles. The fourth-order valence-corrected chi connectivity index (χ4v) is 10.9. The Labute approximate surface area is 284 Å². The molecule has 0 radical (unpaired) electrons. The third-order valence-electron chi connectivity index (χ3n) is 12.8. The third-order valence-corrected chi connectivity index (χ3v) is 12.8. The largest absolute Gasteiger partial charge is 0.370 e. The van der Waals surface area contributed by atoms with Crippen LogP contribution in [0.25, 0.3) is 0 Å². The molecule has 7 aliphatic rings. The Kier molecular flexibility index (Phi) is 13.8. The van der Waals surface area contributed by atoms with E-state index in [4.69, 9.17) is 16.1 Å². The van der Waals surface area contributed by atoms with E-state index in [0.717, 1.165) is 68.3 Å². The zero-order chi connectivity index (χ0) is 28.9. The Balaban J connectivity index is 0.00000221. The molecule has 0 amide bonds. The minimum atomic E-state index is 0. The summed E-state index contributed by atoms with van der Waals surface area (Å²) in [7, 11) is 0. The Hall–Kier alpha value is -0.760. The van der Waals surface area contributed by atoms with Crippen LogP contribution in [0.2, 0.25) is 0 Å². The summed E-state index contributed by atoms with van der Waals surface area (Å²) in [6.07, 6.45) is 29.1. The maximum atomic E-state index is 9.05. The van der Waals surface area contributed by atoms with Crippen LogP contribution in [0.3, 0.4) is 0 Å². The Morgan fingerprint density at radius 1 is 0.773 bits per heavy atom. The van der Waals surface area contributed by atoms with Gasteiger partial charge in [0.1, 0.15) is 0 Å². The second kappa shape index (κ2) is 16.9. The summed E-state index contributed by atoms with van der Waals surface area (Å²) < 4.78 is 0. The molecule has 0 aromatic heterocycles. The molecule has 44 heavy (non-hydrogen) atoms. The van der Waals surface area contributed by atoms with Crippen LogP contribution in [-0.2, 0) is 0 Å². The molecule has 254 valence electrons. The number of nitrogens with two attached hydrogens (primary N) is 1. The van der Waals surface area contributed by atoms with Gasteiger partial charge in [0.05, 0.1) is 12.6 Å². The van der Waals surface area contributed by atoms with Gasteiger partial charge in [0.15, 0.2) is 11.9 Å². The van der Waals surface area contributed by atoms with Gasteiger partial charge in [-0.3, -0.25) is 10.4 Å². The van der Waals surface area contributed by atoms with Crippen LogP contribution in [0.5, 0.6) is 0 Å². The van der Waals surface area contributed by atoms with Crippen LogP contribution < -0.4 is 5.73 Å². The summed E-state index contributed by atoms with van der Waals surface area (Å²) in [4.78, 5) is 12.1. The van der Waals surface area contributed by atoms with E-state index in [1.165, 1.54) is 135 Å². The van der Waals surface area contributed by atoms with Gasteiger partial charge in [0.2, 0.25) is 0 Å². The first-order valence-electron chi connectivity index (χ1n) is 18.7. The number of aliphatic imine (C=N–C) groups is 1. The van der Waals surface area contributed by atoms with E-state index < -0.39 is 0 Å². The zero-order valence-electron chi connectivity index (χ0n) is 28.2. The maximum absolute atomic E-state index is 9.05. The van der Waals surface area contributed by atoms with Crippen molar-refractivity contribution in [2.24, 2.45) is 39.8 Å². The highest BCUT2D eigenvalue weighted by molar-refractivity contribution is 7.59. The highest BCUT2D eigenvalue weighted by Gasteiger charge is 2.50. The first-order chi connectivity index (χ1) is 20.5. The monoisotopic (exact) mass is 648 g/mol. The lowest BCUT2D eigenvalue weighted by molar-refractivity contribution is -0.0597. The van der Waals surface area contributed by atoms with Gasteiger partial charge in [-0.1, -0.05) is 64.7 Å². The first kappa shape index (κ1) is 36.1.